The van der Waals surface area contributed by atoms with Crippen LogP contribution in [0.3, 0.4) is 0 Å². The summed E-state index contributed by atoms with van der Waals surface area (Å²) in [5.74, 6) is -0.996. The van der Waals surface area contributed by atoms with E-state index in [4.69, 9.17) is 27.2 Å². The molecule has 0 N–H and O–H groups in total. The highest BCUT2D eigenvalue weighted by Crippen LogP contribution is 2.37. The summed E-state index contributed by atoms with van der Waals surface area (Å²) >= 11 is 0. The number of methoxy groups -OCH3 is 1. The average molecular weight is 483 g/mol. The third-order valence-electron chi connectivity index (χ3n) is 4.12. The Hall–Kier alpha value is 0.628. The van der Waals surface area contributed by atoms with Crippen LogP contribution < -0.4 is 0 Å². The van der Waals surface area contributed by atoms with E-state index in [1.54, 1.807) is 7.11 Å². The van der Waals surface area contributed by atoms with Gasteiger partial charge in [-0.15, -0.1) is 0 Å². The SMILES string of the molecule is COC1(CO[Si](C)(C)C)OC[C@H](O[Si](C)(C)C)[C@@H](O[Si](C)(C)C)[C@@H]1O[Si](C)(C)C. The molecule has 0 amide bonds. The molecule has 0 aromatic rings. The quantitative estimate of drug-likeness (QED) is 0.414. The number of rotatable bonds is 10. The summed E-state index contributed by atoms with van der Waals surface area (Å²) < 4.78 is 38.6. The Kier molecular flexibility index (Phi) is 9.19. The molecule has 1 unspecified atom stereocenters. The largest absolute Gasteiger partial charge is 0.412 e. The molecule has 1 saturated heterocycles. The normalized spacial score (nSPS) is 29.9. The van der Waals surface area contributed by atoms with Gasteiger partial charge in [0.05, 0.1) is 19.3 Å². The monoisotopic (exact) mass is 482 g/mol. The van der Waals surface area contributed by atoms with Gasteiger partial charge in [0.25, 0.3) is 0 Å². The van der Waals surface area contributed by atoms with Gasteiger partial charge in [0, 0.05) is 7.11 Å². The molecule has 0 radical (unpaired) electrons. The van der Waals surface area contributed by atoms with Crippen LogP contribution in [0.1, 0.15) is 0 Å². The van der Waals surface area contributed by atoms with E-state index in [-0.39, 0.29) is 12.2 Å². The molecule has 10 heteroatoms. The fourth-order valence-corrected chi connectivity index (χ4v) is 7.07. The Labute approximate surface area is 183 Å². The predicted octanol–water partition coefficient (Wildman–Crippen LogP) is 4.87. The molecule has 1 aliphatic heterocycles. The maximum atomic E-state index is 6.71. The van der Waals surface area contributed by atoms with Crippen LogP contribution in [0.15, 0.2) is 0 Å². The lowest BCUT2D eigenvalue weighted by atomic mass is 9.97. The molecule has 0 aromatic heterocycles. The molecule has 0 bridgehead atoms. The van der Waals surface area contributed by atoms with Crippen LogP contribution in [0, 0.1) is 0 Å². The van der Waals surface area contributed by atoms with Crippen molar-refractivity contribution >= 4 is 33.3 Å². The van der Waals surface area contributed by atoms with E-state index in [1.807, 2.05) is 0 Å². The average Bonchev–Trinajstić information content (AvgIpc) is 2.45. The first-order chi connectivity index (χ1) is 12.8. The molecule has 1 rings (SSSR count). The summed E-state index contributed by atoms with van der Waals surface area (Å²) in [4.78, 5) is 0. The van der Waals surface area contributed by atoms with Crippen LogP contribution in [0.5, 0.6) is 0 Å². The van der Waals surface area contributed by atoms with Gasteiger partial charge >= 0.3 is 0 Å². The molecule has 6 nitrogen and oxygen atoms in total. The van der Waals surface area contributed by atoms with Crippen molar-refractivity contribution in [1.29, 1.82) is 0 Å². The highest BCUT2D eigenvalue weighted by Gasteiger charge is 2.56. The lowest BCUT2D eigenvalue weighted by Crippen LogP contribution is -2.69. The maximum absolute atomic E-state index is 6.71. The molecule has 1 heterocycles. The standard InChI is InChI=1S/C19H46O6Si4/c1-20-19(15-22-26(2,3)4)18(25-29(11,12)13)17(24-28(8,9)10)16(14-21-19)23-27(5,6)7/h16-18H,14-15H2,1-13H3/t16-,17+,18-,19?/m0/s1. The van der Waals surface area contributed by atoms with Gasteiger partial charge in [-0.05, 0) is 78.6 Å². The minimum atomic E-state index is -1.94. The van der Waals surface area contributed by atoms with Gasteiger partial charge in [-0.1, -0.05) is 0 Å². The zero-order valence-electron chi connectivity index (χ0n) is 21.1. The molecule has 0 saturated carbocycles. The summed E-state index contributed by atoms with van der Waals surface area (Å²) in [6.07, 6.45) is -0.832. The summed E-state index contributed by atoms with van der Waals surface area (Å²) in [5.41, 5.74) is 0. The Morgan fingerprint density at radius 1 is 0.724 bits per heavy atom. The highest BCUT2D eigenvalue weighted by atomic mass is 28.4. The minimum Gasteiger partial charge on any atom is -0.412 e. The molecule has 0 spiro atoms. The minimum absolute atomic E-state index is 0.176. The van der Waals surface area contributed by atoms with E-state index < -0.39 is 45.2 Å². The Bertz CT molecular complexity index is 521. The van der Waals surface area contributed by atoms with Gasteiger partial charge < -0.3 is 27.2 Å². The van der Waals surface area contributed by atoms with Crippen LogP contribution in [0.25, 0.3) is 0 Å². The zero-order valence-corrected chi connectivity index (χ0v) is 25.1. The van der Waals surface area contributed by atoms with E-state index >= 15 is 0 Å². The first-order valence-electron chi connectivity index (χ1n) is 10.6. The first-order valence-corrected chi connectivity index (χ1v) is 24.3. The van der Waals surface area contributed by atoms with Crippen molar-refractivity contribution < 1.29 is 27.2 Å². The fourth-order valence-electron chi connectivity index (χ4n) is 3.16. The number of hydrogen-bond donors (Lipinski definition) is 0. The van der Waals surface area contributed by atoms with E-state index in [1.165, 1.54) is 0 Å². The van der Waals surface area contributed by atoms with Crippen LogP contribution in [0.2, 0.25) is 78.6 Å². The van der Waals surface area contributed by atoms with Gasteiger partial charge in [0.15, 0.2) is 33.3 Å². The van der Waals surface area contributed by atoms with Gasteiger partial charge in [0.1, 0.15) is 12.2 Å². The second-order valence-corrected chi connectivity index (χ2v) is 29.7. The molecule has 0 aromatic carbocycles. The maximum Gasteiger partial charge on any atom is 0.218 e. The number of ether oxygens (including phenoxy) is 2. The first kappa shape index (κ1) is 27.7. The van der Waals surface area contributed by atoms with E-state index in [0.29, 0.717) is 13.2 Å². The molecule has 1 aliphatic rings. The van der Waals surface area contributed by atoms with Crippen molar-refractivity contribution in [2.24, 2.45) is 0 Å². The van der Waals surface area contributed by atoms with Gasteiger partial charge in [-0.2, -0.15) is 0 Å². The molecular formula is C19H46O6Si4. The van der Waals surface area contributed by atoms with Crippen LogP contribution >= 0.6 is 0 Å². The Balaban J connectivity index is 3.39. The van der Waals surface area contributed by atoms with Crippen molar-refractivity contribution in [2.45, 2.75) is 103 Å². The Morgan fingerprint density at radius 3 is 1.59 bits per heavy atom. The van der Waals surface area contributed by atoms with Gasteiger partial charge in [0.2, 0.25) is 5.79 Å². The lowest BCUT2D eigenvalue weighted by molar-refractivity contribution is -0.330. The third-order valence-corrected chi connectivity index (χ3v) is 8.08. The third kappa shape index (κ3) is 9.75. The van der Waals surface area contributed by atoms with Crippen LogP contribution in [-0.2, 0) is 27.2 Å². The highest BCUT2D eigenvalue weighted by molar-refractivity contribution is 6.71. The molecule has 1 fully saturated rings. The van der Waals surface area contributed by atoms with E-state index in [0.717, 1.165) is 0 Å². The molecule has 4 atom stereocenters. The molecular weight excluding hydrogens is 437 g/mol. The van der Waals surface area contributed by atoms with Crippen molar-refractivity contribution in [3.05, 3.63) is 0 Å². The van der Waals surface area contributed by atoms with Gasteiger partial charge in [-0.3, -0.25) is 0 Å². The van der Waals surface area contributed by atoms with E-state index in [2.05, 4.69) is 78.6 Å². The summed E-state index contributed by atoms with van der Waals surface area (Å²) in [5, 5.41) is 0. The molecule has 0 aliphatic carbocycles. The van der Waals surface area contributed by atoms with Crippen LogP contribution in [0.4, 0.5) is 0 Å². The summed E-state index contributed by atoms with van der Waals surface area (Å²) in [7, 11) is -5.74. The second kappa shape index (κ2) is 9.63. The van der Waals surface area contributed by atoms with Crippen LogP contribution in [-0.4, -0.2) is 77.7 Å². The van der Waals surface area contributed by atoms with Crippen molar-refractivity contribution in [3.63, 3.8) is 0 Å². The topological polar surface area (TPSA) is 55.4 Å². The molecule has 29 heavy (non-hydrogen) atoms. The van der Waals surface area contributed by atoms with E-state index in [9.17, 15) is 0 Å². The second-order valence-electron chi connectivity index (χ2n) is 11.8. The predicted molar refractivity (Wildman–Crippen MR) is 130 cm³/mol. The summed E-state index contributed by atoms with van der Waals surface area (Å²) in [6, 6.07) is 0. The van der Waals surface area contributed by atoms with Crippen molar-refractivity contribution in [3.8, 4) is 0 Å². The van der Waals surface area contributed by atoms with Gasteiger partial charge in [-0.25, -0.2) is 0 Å². The fraction of sp³-hybridized carbons (Fsp3) is 1.00. The number of hydrogen-bond acceptors (Lipinski definition) is 6. The van der Waals surface area contributed by atoms with Crippen molar-refractivity contribution in [2.75, 3.05) is 20.3 Å². The lowest BCUT2D eigenvalue weighted by Gasteiger charge is -2.52. The zero-order chi connectivity index (χ0) is 22.9. The molecule has 174 valence electrons. The summed E-state index contributed by atoms with van der Waals surface area (Å²) in [6.45, 7) is 27.0. The van der Waals surface area contributed by atoms with Crippen molar-refractivity contribution in [1.82, 2.24) is 0 Å². The smallest absolute Gasteiger partial charge is 0.218 e. The Morgan fingerprint density at radius 2 is 1.21 bits per heavy atom.